The molecule has 0 amide bonds. The molecular formula is C10H18N4O2S. The third-order valence-corrected chi connectivity index (χ3v) is 4.45. The molecule has 0 aliphatic carbocycles. The van der Waals surface area contributed by atoms with E-state index in [0.717, 1.165) is 31.5 Å². The van der Waals surface area contributed by atoms with E-state index >= 15 is 0 Å². The minimum absolute atomic E-state index is 0.458. The number of hydrogen-bond donors (Lipinski definition) is 2. The van der Waals surface area contributed by atoms with Crippen molar-refractivity contribution in [3.8, 4) is 0 Å². The van der Waals surface area contributed by atoms with E-state index in [0.29, 0.717) is 19.6 Å². The zero-order valence-electron chi connectivity index (χ0n) is 9.72. The minimum atomic E-state index is -3.25. The van der Waals surface area contributed by atoms with Crippen molar-refractivity contribution in [1.29, 1.82) is 0 Å². The van der Waals surface area contributed by atoms with Crippen LogP contribution in [0, 0.1) is 0 Å². The molecule has 1 aromatic rings. The van der Waals surface area contributed by atoms with Gasteiger partial charge in [-0.3, -0.25) is 0 Å². The molecule has 1 fully saturated rings. The maximum Gasteiger partial charge on any atom is 0.279 e. The highest BCUT2D eigenvalue weighted by Crippen LogP contribution is 2.10. The van der Waals surface area contributed by atoms with Crippen LogP contribution in [0.1, 0.15) is 25.1 Å². The van der Waals surface area contributed by atoms with Crippen molar-refractivity contribution in [2.45, 2.75) is 25.7 Å². The van der Waals surface area contributed by atoms with E-state index in [9.17, 15) is 8.42 Å². The molecule has 0 aromatic carbocycles. The van der Waals surface area contributed by atoms with Gasteiger partial charge >= 0.3 is 0 Å². The zero-order chi connectivity index (χ0) is 12.1. The number of hydrogen-bond acceptors (Lipinski definition) is 3. The first kappa shape index (κ1) is 12.5. The molecule has 1 aromatic heterocycles. The Hall–Kier alpha value is -0.920. The SMILES string of the molecule is O=S(=O)(NCCCc1ncc[nH]1)N1CCCC1. The monoisotopic (exact) mass is 258 g/mol. The quantitative estimate of drug-likeness (QED) is 0.719. The number of imidazole rings is 1. The lowest BCUT2D eigenvalue weighted by Crippen LogP contribution is -2.39. The van der Waals surface area contributed by atoms with Crippen LogP contribution in [-0.2, 0) is 16.6 Å². The molecule has 1 aliphatic rings. The fourth-order valence-corrected chi connectivity index (χ4v) is 3.24. The average Bonchev–Trinajstić information content (AvgIpc) is 2.97. The van der Waals surface area contributed by atoms with Gasteiger partial charge in [-0.1, -0.05) is 0 Å². The van der Waals surface area contributed by atoms with Gasteiger partial charge in [-0.2, -0.15) is 12.7 Å². The predicted molar refractivity (Wildman–Crippen MR) is 64.6 cm³/mol. The lowest BCUT2D eigenvalue weighted by Gasteiger charge is -2.15. The van der Waals surface area contributed by atoms with Gasteiger partial charge in [0.15, 0.2) is 0 Å². The van der Waals surface area contributed by atoms with E-state index in [4.69, 9.17) is 0 Å². The Balaban J connectivity index is 1.70. The van der Waals surface area contributed by atoms with Crippen molar-refractivity contribution < 1.29 is 8.42 Å². The van der Waals surface area contributed by atoms with Crippen molar-refractivity contribution >= 4 is 10.2 Å². The smallest absolute Gasteiger partial charge is 0.279 e. The van der Waals surface area contributed by atoms with Gasteiger partial charge in [-0.15, -0.1) is 0 Å². The Labute approximate surface area is 102 Å². The number of aryl methyl sites for hydroxylation is 1. The number of nitrogens with one attached hydrogen (secondary N) is 2. The van der Waals surface area contributed by atoms with E-state index in [1.807, 2.05) is 0 Å². The maximum atomic E-state index is 11.8. The Kier molecular flexibility index (Phi) is 4.14. The maximum absolute atomic E-state index is 11.8. The van der Waals surface area contributed by atoms with Gasteiger partial charge in [0, 0.05) is 38.4 Å². The van der Waals surface area contributed by atoms with Gasteiger partial charge in [0.05, 0.1) is 0 Å². The van der Waals surface area contributed by atoms with Gasteiger partial charge < -0.3 is 4.98 Å². The van der Waals surface area contributed by atoms with Crippen LogP contribution in [0.2, 0.25) is 0 Å². The summed E-state index contributed by atoms with van der Waals surface area (Å²) in [5.74, 6) is 0.894. The summed E-state index contributed by atoms with van der Waals surface area (Å²) in [7, 11) is -3.25. The van der Waals surface area contributed by atoms with Gasteiger partial charge in [0.1, 0.15) is 5.82 Å². The molecular weight excluding hydrogens is 240 g/mol. The van der Waals surface area contributed by atoms with Crippen molar-refractivity contribution in [1.82, 2.24) is 19.0 Å². The van der Waals surface area contributed by atoms with Gasteiger partial charge in [-0.25, -0.2) is 9.71 Å². The summed E-state index contributed by atoms with van der Waals surface area (Å²) in [4.78, 5) is 7.08. The summed E-state index contributed by atoms with van der Waals surface area (Å²) in [6, 6.07) is 0. The molecule has 1 aliphatic heterocycles. The second kappa shape index (κ2) is 5.61. The van der Waals surface area contributed by atoms with Crippen LogP contribution in [0.5, 0.6) is 0 Å². The number of nitrogens with zero attached hydrogens (tertiary/aromatic N) is 2. The highest BCUT2D eigenvalue weighted by atomic mass is 32.2. The molecule has 0 atom stereocenters. The highest BCUT2D eigenvalue weighted by molar-refractivity contribution is 7.87. The van der Waals surface area contributed by atoms with Crippen LogP contribution in [-0.4, -0.2) is 42.3 Å². The molecule has 0 radical (unpaired) electrons. The molecule has 6 nitrogen and oxygen atoms in total. The molecule has 0 saturated carbocycles. The highest BCUT2D eigenvalue weighted by Gasteiger charge is 2.24. The first-order chi connectivity index (χ1) is 8.18. The Bertz CT molecular complexity index is 423. The molecule has 1 saturated heterocycles. The number of aromatic nitrogens is 2. The molecule has 2 N–H and O–H groups in total. The topological polar surface area (TPSA) is 78.1 Å². The summed E-state index contributed by atoms with van der Waals surface area (Å²) in [6.07, 6.45) is 6.91. The summed E-state index contributed by atoms with van der Waals surface area (Å²) in [5.41, 5.74) is 0. The first-order valence-corrected chi connectivity index (χ1v) is 7.35. The van der Waals surface area contributed by atoms with E-state index < -0.39 is 10.2 Å². The normalized spacial score (nSPS) is 17.6. The van der Waals surface area contributed by atoms with Crippen molar-refractivity contribution in [2.75, 3.05) is 19.6 Å². The lowest BCUT2D eigenvalue weighted by atomic mass is 10.3. The lowest BCUT2D eigenvalue weighted by molar-refractivity contribution is 0.464. The summed E-state index contributed by atoms with van der Waals surface area (Å²) in [5, 5.41) is 0. The molecule has 17 heavy (non-hydrogen) atoms. The van der Waals surface area contributed by atoms with Crippen LogP contribution in [0.25, 0.3) is 0 Å². The van der Waals surface area contributed by atoms with Gasteiger partial charge in [0.2, 0.25) is 0 Å². The number of aromatic amines is 1. The van der Waals surface area contributed by atoms with Crippen LogP contribution < -0.4 is 4.72 Å². The van der Waals surface area contributed by atoms with Crippen LogP contribution in [0.15, 0.2) is 12.4 Å². The molecule has 0 unspecified atom stereocenters. The largest absolute Gasteiger partial charge is 0.349 e. The number of H-pyrrole nitrogens is 1. The zero-order valence-corrected chi connectivity index (χ0v) is 10.5. The molecule has 2 heterocycles. The van der Waals surface area contributed by atoms with Crippen molar-refractivity contribution in [3.63, 3.8) is 0 Å². The predicted octanol–water partition coefficient (Wildman–Crippen LogP) is 0.272. The van der Waals surface area contributed by atoms with Crippen LogP contribution in [0.4, 0.5) is 0 Å². The van der Waals surface area contributed by atoms with E-state index in [1.54, 1.807) is 12.4 Å². The average molecular weight is 258 g/mol. The summed E-state index contributed by atoms with van der Waals surface area (Å²) >= 11 is 0. The standard InChI is InChI=1S/C10H18N4O2S/c15-17(16,14-8-1-2-9-14)13-5-3-4-10-11-6-7-12-10/h6-7,13H,1-5,8-9H2,(H,11,12). The molecule has 0 spiro atoms. The second-order valence-electron chi connectivity index (χ2n) is 4.14. The fourth-order valence-electron chi connectivity index (χ4n) is 1.91. The first-order valence-electron chi connectivity index (χ1n) is 5.91. The van der Waals surface area contributed by atoms with Gasteiger partial charge in [0.25, 0.3) is 10.2 Å². The van der Waals surface area contributed by atoms with Crippen LogP contribution in [0.3, 0.4) is 0 Å². The fraction of sp³-hybridized carbons (Fsp3) is 0.700. The second-order valence-corrected chi connectivity index (χ2v) is 5.90. The Morgan fingerprint density at radius 3 is 2.82 bits per heavy atom. The summed E-state index contributed by atoms with van der Waals surface area (Å²) in [6.45, 7) is 1.75. The third kappa shape index (κ3) is 3.52. The molecule has 96 valence electrons. The van der Waals surface area contributed by atoms with E-state index in [-0.39, 0.29) is 0 Å². The third-order valence-electron chi connectivity index (χ3n) is 2.83. The van der Waals surface area contributed by atoms with E-state index in [1.165, 1.54) is 4.31 Å². The molecule has 0 bridgehead atoms. The Morgan fingerprint density at radius 2 is 2.18 bits per heavy atom. The molecule has 7 heteroatoms. The van der Waals surface area contributed by atoms with Crippen LogP contribution >= 0.6 is 0 Å². The van der Waals surface area contributed by atoms with Gasteiger partial charge in [-0.05, 0) is 19.3 Å². The van der Waals surface area contributed by atoms with Crippen molar-refractivity contribution in [2.24, 2.45) is 0 Å². The summed E-state index contributed by atoms with van der Waals surface area (Å²) < 4.78 is 27.7. The Morgan fingerprint density at radius 1 is 1.41 bits per heavy atom. The molecule has 2 rings (SSSR count). The van der Waals surface area contributed by atoms with E-state index in [2.05, 4.69) is 14.7 Å². The minimum Gasteiger partial charge on any atom is -0.349 e. The van der Waals surface area contributed by atoms with Crippen molar-refractivity contribution in [3.05, 3.63) is 18.2 Å². The number of rotatable bonds is 6.